The minimum atomic E-state index is -0.702. The summed E-state index contributed by atoms with van der Waals surface area (Å²) in [4.78, 5) is 8.57. The predicted molar refractivity (Wildman–Crippen MR) is 130 cm³/mol. The first kappa shape index (κ1) is 25.5. The summed E-state index contributed by atoms with van der Waals surface area (Å²) in [6, 6.07) is 11.2. The van der Waals surface area contributed by atoms with Crippen molar-refractivity contribution in [1.29, 1.82) is 0 Å². The molecule has 0 saturated heterocycles. The molecule has 8 heteroatoms. The number of pyridine rings is 1. The predicted octanol–water partition coefficient (Wildman–Crippen LogP) is 3.97. The van der Waals surface area contributed by atoms with Gasteiger partial charge in [-0.2, -0.15) is 0 Å². The lowest BCUT2D eigenvalue weighted by molar-refractivity contribution is 0.185. The van der Waals surface area contributed by atoms with E-state index in [2.05, 4.69) is 20.6 Å². The smallest absolute Gasteiger partial charge is 0.191 e. The summed E-state index contributed by atoms with van der Waals surface area (Å²) in [5, 5.41) is 17.4. The number of benzene rings is 1. The Balaban J connectivity index is 0.00000420. The van der Waals surface area contributed by atoms with E-state index in [-0.39, 0.29) is 36.6 Å². The largest absolute Gasteiger partial charge is 0.491 e. The Labute approximate surface area is 195 Å². The second-order valence-corrected chi connectivity index (χ2v) is 7.03. The molecule has 2 rings (SSSR count). The maximum atomic E-state index is 10.5. The van der Waals surface area contributed by atoms with E-state index < -0.39 is 6.10 Å². The summed E-state index contributed by atoms with van der Waals surface area (Å²) in [6.45, 7) is 7.64. The first-order chi connectivity index (χ1) is 13.5. The topological polar surface area (TPSA) is 78.8 Å². The SMILES string of the molecule is CCNC(=NCC(O)c1cccc(OC(C)C)c1)NCCc1ccc(Cl)nc1.I. The third kappa shape index (κ3) is 9.64. The number of aliphatic hydroxyl groups is 1. The standard InChI is InChI=1S/C21H29ClN4O2.HI/c1-4-23-21(24-11-10-16-8-9-20(22)25-13-16)26-14-19(27)17-6-5-7-18(12-17)28-15(2)3;/h5-9,12-13,15,19,27H,4,10-11,14H2,1-3H3,(H2,23,24,26);1H. The number of guanidine groups is 1. The molecule has 0 amide bonds. The molecule has 1 unspecified atom stereocenters. The molecule has 0 radical (unpaired) electrons. The van der Waals surface area contributed by atoms with Gasteiger partial charge in [-0.25, -0.2) is 4.98 Å². The summed E-state index contributed by atoms with van der Waals surface area (Å²) >= 11 is 5.81. The van der Waals surface area contributed by atoms with E-state index in [0.717, 1.165) is 29.8 Å². The summed E-state index contributed by atoms with van der Waals surface area (Å²) in [5.74, 6) is 1.41. The van der Waals surface area contributed by atoms with Gasteiger partial charge in [0.05, 0.1) is 18.8 Å². The van der Waals surface area contributed by atoms with Crippen LogP contribution >= 0.6 is 35.6 Å². The molecule has 0 bridgehead atoms. The van der Waals surface area contributed by atoms with Crippen LogP contribution < -0.4 is 15.4 Å². The van der Waals surface area contributed by atoms with Gasteiger partial charge in [-0.3, -0.25) is 4.99 Å². The summed E-state index contributed by atoms with van der Waals surface area (Å²) in [6.07, 6.45) is 1.95. The highest BCUT2D eigenvalue weighted by Crippen LogP contribution is 2.20. The van der Waals surface area contributed by atoms with E-state index in [1.165, 1.54) is 0 Å². The number of hydrogen-bond acceptors (Lipinski definition) is 4. The lowest BCUT2D eigenvalue weighted by atomic mass is 10.1. The van der Waals surface area contributed by atoms with E-state index in [4.69, 9.17) is 16.3 Å². The van der Waals surface area contributed by atoms with Gasteiger partial charge in [0.15, 0.2) is 5.96 Å². The van der Waals surface area contributed by atoms with Crippen LogP contribution in [0.15, 0.2) is 47.6 Å². The molecule has 0 aliphatic heterocycles. The molecular weight excluding hydrogens is 503 g/mol. The van der Waals surface area contributed by atoms with Gasteiger partial charge < -0.3 is 20.5 Å². The second-order valence-electron chi connectivity index (χ2n) is 6.64. The lowest BCUT2D eigenvalue weighted by Crippen LogP contribution is -2.38. The highest BCUT2D eigenvalue weighted by Gasteiger charge is 2.09. The minimum absolute atomic E-state index is 0. The normalized spacial score (nSPS) is 12.3. The molecule has 0 aliphatic carbocycles. The summed E-state index contributed by atoms with van der Waals surface area (Å²) in [7, 11) is 0. The van der Waals surface area contributed by atoms with Crippen molar-refractivity contribution in [2.24, 2.45) is 4.99 Å². The number of aliphatic imine (C=N–C) groups is 1. The molecule has 1 aromatic carbocycles. The van der Waals surface area contributed by atoms with E-state index in [9.17, 15) is 5.11 Å². The van der Waals surface area contributed by atoms with E-state index in [1.54, 1.807) is 12.3 Å². The van der Waals surface area contributed by atoms with Gasteiger partial charge in [0.2, 0.25) is 0 Å². The fourth-order valence-corrected chi connectivity index (χ4v) is 2.68. The molecule has 1 atom stereocenters. The number of aliphatic hydroxyl groups excluding tert-OH is 1. The molecule has 0 saturated carbocycles. The average Bonchev–Trinajstić information content (AvgIpc) is 2.67. The fourth-order valence-electron chi connectivity index (χ4n) is 2.57. The van der Waals surface area contributed by atoms with Crippen molar-refractivity contribution in [2.75, 3.05) is 19.6 Å². The molecule has 6 nitrogen and oxygen atoms in total. The summed E-state index contributed by atoms with van der Waals surface area (Å²) in [5.41, 5.74) is 1.87. The number of nitrogens with one attached hydrogen (secondary N) is 2. The van der Waals surface area contributed by atoms with Crippen molar-refractivity contribution in [3.05, 3.63) is 58.9 Å². The average molecular weight is 533 g/mol. The first-order valence-electron chi connectivity index (χ1n) is 9.55. The van der Waals surface area contributed by atoms with Crippen LogP contribution in [0, 0.1) is 0 Å². The molecule has 0 spiro atoms. The highest BCUT2D eigenvalue weighted by atomic mass is 127. The summed E-state index contributed by atoms with van der Waals surface area (Å²) < 4.78 is 5.69. The molecule has 1 heterocycles. The zero-order valence-corrected chi connectivity index (χ0v) is 20.1. The fraction of sp³-hybridized carbons (Fsp3) is 0.429. The number of hydrogen-bond donors (Lipinski definition) is 3. The van der Waals surface area contributed by atoms with Crippen LogP contribution in [-0.2, 0) is 6.42 Å². The van der Waals surface area contributed by atoms with Crippen molar-refractivity contribution in [3.63, 3.8) is 0 Å². The van der Waals surface area contributed by atoms with Crippen LogP contribution in [0.4, 0.5) is 0 Å². The van der Waals surface area contributed by atoms with E-state index >= 15 is 0 Å². The number of halogens is 2. The van der Waals surface area contributed by atoms with Crippen LogP contribution in [-0.4, -0.2) is 41.8 Å². The third-order valence-electron chi connectivity index (χ3n) is 3.88. The van der Waals surface area contributed by atoms with E-state index in [1.807, 2.05) is 51.1 Å². The van der Waals surface area contributed by atoms with Gasteiger partial charge in [0.25, 0.3) is 0 Å². The Morgan fingerprint density at radius 2 is 2.03 bits per heavy atom. The zero-order valence-electron chi connectivity index (χ0n) is 17.1. The Morgan fingerprint density at radius 3 is 2.69 bits per heavy atom. The van der Waals surface area contributed by atoms with Crippen LogP contribution in [0.2, 0.25) is 5.15 Å². The Kier molecular flexibility index (Phi) is 11.9. The monoisotopic (exact) mass is 532 g/mol. The molecule has 1 aromatic heterocycles. The van der Waals surface area contributed by atoms with Gasteiger partial charge >= 0.3 is 0 Å². The Bertz CT molecular complexity index is 757. The highest BCUT2D eigenvalue weighted by molar-refractivity contribution is 14.0. The van der Waals surface area contributed by atoms with Crippen LogP contribution in [0.1, 0.15) is 38.0 Å². The third-order valence-corrected chi connectivity index (χ3v) is 4.10. The van der Waals surface area contributed by atoms with Gasteiger partial charge in [-0.05, 0) is 56.5 Å². The van der Waals surface area contributed by atoms with Crippen molar-refractivity contribution in [3.8, 4) is 5.75 Å². The number of aromatic nitrogens is 1. The molecule has 3 N–H and O–H groups in total. The van der Waals surface area contributed by atoms with Crippen molar-refractivity contribution in [1.82, 2.24) is 15.6 Å². The van der Waals surface area contributed by atoms with Gasteiger partial charge in [-0.1, -0.05) is 29.8 Å². The molecule has 0 fully saturated rings. The second kappa shape index (κ2) is 13.6. The van der Waals surface area contributed by atoms with Crippen molar-refractivity contribution in [2.45, 2.75) is 39.4 Å². The van der Waals surface area contributed by atoms with Crippen LogP contribution in [0.3, 0.4) is 0 Å². The number of rotatable bonds is 9. The van der Waals surface area contributed by atoms with E-state index in [0.29, 0.717) is 17.7 Å². The molecule has 160 valence electrons. The molecule has 0 aliphatic rings. The Morgan fingerprint density at radius 1 is 1.24 bits per heavy atom. The zero-order chi connectivity index (χ0) is 20.4. The molecular formula is C21H30ClIN4O2. The number of nitrogens with zero attached hydrogens (tertiary/aromatic N) is 2. The van der Waals surface area contributed by atoms with Crippen LogP contribution in [0.5, 0.6) is 5.75 Å². The Hall–Kier alpha value is -1.58. The lowest BCUT2D eigenvalue weighted by Gasteiger charge is -2.15. The van der Waals surface area contributed by atoms with Gasteiger partial charge in [0.1, 0.15) is 10.9 Å². The van der Waals surface area contributed by atoms with Crippen molar-refractivity contribution < 1.29 is 9.84 Å². The van der Waals surface area contributed by atoms with Gasteiger partial charge in [0, 0.05) is 19.3 Å². The number of ether oxygens (including phenoxy) is 1. The van der Waals surface area contributed by atoms with Crippen LogP contribution in [0.25, 0.3) is 0 Å². The quantitative estimate of drug-likeness (QED) is 0.197. The van der Waals surface area contributed by atoms with Crippen molar-refractivity contribution >= 4 is 41.5 Å². The van der Waals surface area contributed by atoms with Gasteiger partial charge in [-0.15, -0.1) is 24.0 Å². The molecule has 2 aromatic rings. The minimum Gasteiger partial charge on any atom is -0.491 e. The first-order valence-corrected chi connectivity index (χ1v) is 9.93. The maximum Gasteiger partial charge on any atom is 0.191 e. The maximum absolute atomic E-state index is 10.5. The molecule has 29 heavy (non-hydrogen) atoms.